The van der Waals surface area contributed by atoms with Crippen LogP contribution in [0.15, 0.2) is 6.20 Å². The van der Waals surface area contributed by atoms with Crippen molar-refractivity contribution in [3.05, 3.63) is 17.3 Å². The molecule has 15 heavy (non-hydrogen) atoms. The molecule has 1 aromatic rings. The molecule has 0 bridgehead atoms. The molecule has 1 rings (SSSR count). The summed E-state index contributed by atoms with van der Waals surface area (Å²) >= 11 is 5.54. The molecule has 1 aromatic heterocycles. The first-order chi connectivity index (χ1) is 7.00. The van der Waals surface area contributed by atoms with Crippen molar-refractivity contribution < 1.29 is 9.50 Å². The quantitative estimate of drug-likeness (QED) is 0.780. The highest BCUT2D eigenvalue weighted by Crippen LogP contribution is 2.19. The van der Waals surface area contributed by atoms with E-state index in [2.05, 4.69) is 15.3 Å². The van der Waals surface area contributed by atoms with E-state index in [1.54, 1.807) is 6.92 Å². The van der Waals surface area contributed by atoms with Crippen LogP contribution in [0, 0.1) is 5.82 Å². The van der Waals surface area contributed by atoms with Crippen LogP contribution in [0.5, 0.6) is 0 Å². The van der Waals surface area contributed by atoms with E-state index in [0.29, 0.717) is 6.42 Å². The summed E-state index contributed by atoms with van der Waals surface area (Å²) in [5.74, 6) is -0.582. The van der Waals surface area contributed by atoms with Crippen LogP contribution in [-0.4, -0.2) is 27.2 Å². The number of aromatic nitrogens is 2. The Hall–Kier alpha value is -0.940. The summed E-state index contributed by atoms with van der Waals surface area (Å²) in [4.78, 5) is 7.21. The third-order valence-electron chi connectivity index (χ3n) is 2.26. The molecular formula is C9H13ClFN3O. The molecular weight excluding hydrogens is 221 g/mol. The number of hydrogen-bond donors (Lipinski definition) is 2. The number of halogens is 2. The molecule has 0 aromatic carbocycles. The molecule has 0 aliphatic heterocycles. The second-order valence-electron chi connectivity index (χ2n) is 3.53. The Morgan fingerprint density at radius 3 is 2.87 bits per heavy atom. The third-order valence-corrected chi connectivity index (χ3v) is 2.45. The van der Waals surface area contributed by atoms with Crippen molar-refractivity contribution in [1.29, 1.82) is 0 Å². The van der Waals surface area contributed by atoms with Gasteiger partial charge in [0, 0.05) is 0 Å². The van der Waals surface area contributed by atoms with Crippen LogP contribution >= 0.6 is 11.6 Å². The van der Waals surface area contributed by atoms with Crippen molar-refractivity contribution in [1.82, 2.24) is 9.97 Å². The lowest BCUT2D eigenvalue weighted by Crippen LogP contribution is -2.38. The average molecular weight is 234 g/mol. The van der Waals surface area contributed by atoms with Crippen LogP contribution in [0.4, 0.5) is 10.2 Å². The molecule has 0 saturated heterocycles. The Labute approximate surface area is 92.5 Å². The summed E-state index contributed by atoms with van der Waals surface area (Å²) in [6.45, 7) is 3.52. The number of hydrogen-bond acceptors (Lipinski definition) is 4. The van der Waals surface area contributed by atoms with Gasteiger partial charge in [0.05, 0.1) is 18.3 Å². The highest BCUT2D eigenvalue weighted by atomic mass is 35.5. The Balaban J connectivity index is 2.92. The summed E-state index contributed by atoms with van der Waals surface area (Å²) in [5.41, 5.74) is -0.613. The van der Waals surface area contributed by atoms with Crippen LogP contribution in [0.1, 0.15) is 20.3 Å². The molecule has 0 aliphatic rings. The fraction of sp³-hybridized carbons (Fsp3) is 0.556. The molecule has 0 aliphatic carbocycles. The van der Waals surface area contributed by atoms with Gasteiger partial charge in [-0.05, 0) is 24.9 Å². The second kappa shape index (κ2) is 4.72. The van der Waals surface area contributed by atoms with E-state index in [1.807, 2.05) is 6.92 Å². The maximum absolute atomic E-state index is 13.2. The normalized spacial score (nSPS) is 14.7. The van der Waals surface area contributed by atoms with E-state index in [-0.39, 0.29) is 17.7 Å². The first-order valence-corrected chi connectivity index (χ1v) is 4.95. The van der Waals surface area contributed by atoms with Gasteiger partial charge in [0.25, 0.3) is 0 Å². The number of aliphatic hydroxyl groups excluding tert-OH is 1. The minimum absolute atomic E-state index is 0.00778. The monoisotopic (exact) mass is 233 g/mol. The van der Waals surface area contributed by atoms with Crippen molar-refractivity contribution >= 4 is 17.4 Å². The van der Waals surface area contributed by atoms with Gasteiger partial charge in [-0.15, -0.1) is 0 Å². The smallest absolute Gasteiger partial charge is 0.224 e. The molecule has 4 nitrogen and oxygen atoms in total. The first-order valence-electron chi connectivity index (χ1n) is 4.58. The number of anilines is 1. The van der Waals surface area contributed by atoms with Crippen LogP contribution in [0.2, 0.25) is 5.28 Å². The number of nitrogens with zero attached hydrogens (tertiary/aromatic N) is 2. The minimum Gasteiger partial charge on any atom is -0.394 e. The van der Waals surface area contributed by atoms with E-state index >= 15 is 0 Å². The van der Waals surface area contributed by atoms with Crippen molar-refractivity contribution in [2.24, 2.45) is 0 Å². The molecule has 1 heterocycles. The Morgan fingerprint density at radius 1 is 1.67 bits per heavy atom. The predicted molar refractivity (Wildman–Crippen MR) is 56.4 cm³/mol. The zero-order chi connectivity index (χ0) is 11.5. The maximum atomic E-state index is 13.2. The van der Waals surface area contributed by atoms with Gasteiger partial charge in [-0.3, -0.25) is 0 Å². The van der Waals surface area contributed by atoms with Gasteiger partial charge >= 0.3 is 0 Å². The Kier molecular flexibility index (Phi) is 3.82. The Bertz CT molecular complexity index is 344. The average Bonchev–Trinajstić information content (AvgIpc) is 2.23. The zero-order valence-electron chi connectivity index (χ0n) is 8.59. The fourth-order valence-electron chi connectivity index (χ4n) is 0.959. The summed E-state index contributed by atoms with van der Waals surface area (Å²) in [5, 5.41) is 11.9. The van der Waals surface area contributed by atoms with Gasteiger partial charge < -0.3 is 10.4 Å². The Morgan fingerprint density at radius 2 is 2.33 bits per heavy atom. The first kappa shape index (κ1) is 12.1. The lowest BCUT2D eigenvalue weighted by atomic mass is 10.0. The van der Waals surface area contributed by atoms with E-state index in [1.165, 1.54) is 0 Å². The molecule has 1 atom stereocenters. The van der Waals surface area contributed by atoms with E-state index in [4.69, 9.17) is 16.7 Å². The zero-order valence-corrected chi connectivity index (χ0v) is 9.35. The highest BCUT2D eigenvalue weighted by Gasteiger charge is 2.22. The van der Waals surface area contributed by atoms with Crippen molar-refractivity contribution in [2.75, 3.05) is 11.9 Å². The molecule has 0 spiro atoms. The molecule has 84 valence electrons. The topological polar surface area (TPSA) is 58.0 Å². The van der Waals surface area contributed by atoms with Gasteiger partial charge in [-0.2, -0.15) is 4.98 Å². The van der Waals surface area contributed by atoms with Crippen molar-refractivity contribution in [2.45, 2.75) is 25.8 Å². The molecule has 0 fully saturated rings. The predicted octanol–water partition coefficient (Wildman–Crippen LogP) is 1.84. The number of aliphatic hydroxyl groups is 1. The molecule has 1 unspecified atom stereocenters. The van der Waals surface area contributed by atoms with E-state index in [0.717, 1.165) is 6.20 Å². The SMILES string of the molecule is CCC(C)(CO)Nc1nc(Cl)ncc1F. The van der Waals surface area contributed by atoms with Crippen molar-refractivity contribution in [3.63, 3.8) is 0 Å². The molecule has 0 saturated carbocycles. The van der Waals surface area contributed by atoms with Crippen molar-refractivity contribution in [3.8, 4) is 0 Å². The molecule has 6 heteroatoms. The number of nitrogens with one attached hydrogen (secondary N) is 1. The molecule has 0 amide bonds. The fourth-order valence-corrected chi connectivity index (χ4v) is 1.09. The van der Waals surface area contributed by atoms with E-state index < -0.39 is 11.4 Å². The van der Waals surface area contributed by atoms with Gasteiger partial charge in [0.2, 0.25) is 5.28 Å². The highest BCUT2D eigenvalue weighted by molar-refractivity contribution is 6.28. The van der Waals surface area contributed by atoms with Crippen LogP contribution in [0.3, 0.4) is 0 Å². The van der Waals surface area contributed by atoms with Crippen LogP contribution < -0.4 is 5.32 Å². The summed E-state index contributed by atoms with van der Waals surface area (Å²) in [6.07, 6.45) is 1.62. The summed E-state index contributed by atoms with van der Waals surface area (Å²) < 4.78 is 13.2. The lowest BCUT2D eigenvalue weighted by Gasteiger charge is -2.27. The minimum atomic E-state index is -0.613. The molecule has 2 N–H and O–H groups in total. The van der Waals surface area contributed by atoms with Gasteiger partial charge in [-0.1, -0.05) is 6.92 Å². The van der Waals surface area contributed by atoms with E-state index in [9.17, 15) is 4.39 Å². The summed E-state index contributed by atoms with van der Waals surface area (Å²) in [7, 11) is 0. The van der Waals surface area contributed by atoms with Crippen LogP contribution in [0.25, 0.3) is 0 Å². The summed E-state index contributed by atoms with van der Waals surface area (Å²) in [6, 6.07) is 0. The third kappa shape index (κ3) is 3.00. The van der Waals surface area contributed by atoms with Gasteiger partial charge in [0.15, 0.2) is 11.6 Å². The lowest BCUT2D eigenvalue weighted by molar-refractivity contribution is 0.218. The standard InChI is InChI=1S/C9H13ClFN3O/c1-3-9(2,5-15)14-7-6(11)4-12-8(10)13-7/h4,15H,3,5H2,1-2H3,(H,12,13,14). The van der Waals surface area contributed by atoms with Gasteiger partial charge in [0.1, 0.15) is 0 Å². The van der Waals surface area contributed by atoms with Gasteiger partial charge in [-0.25, -0.2) is 9.37 Å². The second-order valence-corrected chi connectivity index (χ2v) is 3.87. The maximum Gasteiger partial charge on any atom is 0.224 e. The van der Waals surface area contributed by atoms with Crippen LogP contribution in [-0.2, 0) is 0 Å². The molecule has 0 radical (unpaired) electrons. The largest absolute Gasteiger partial charge is 0.394 e. The number of rotatable bonds is 4.